The molecular weight excluding hydrogens is 649 g/mol. The Labute approximate surface area is 260 Å². The van der Waals surface area contributed by atoms with Gasteiger partial charge in [-0.05, 0) is 59.1 Å². The highest BCUT2D eigenvalue weighted by molar-refractivity contribution is 9.10. The quantitative estimate of drug-likeness (QED) is 0.341. The maximum absolute atomic E-state index is 14.5. The van der Waals surface area contributed by atoms with Crippen molar-refractivity contribution in [1.82, 2.24) is 15.0 Å². The second kappa shape index (κ2) is 13.4. The number of anilines is 1. The van der Waals surface area contributed by atoms with Crippen LogP contribution in [0, 0.1) is 17.1 Å². The number of rotatable bonds is 7. The lowest BCUT2D eigenvalue weighted by Gasteiger charge is -2.46. The van der Waals surface area contributed by atoms with Crippen molar-refractivity contribution >= 4 is 39.1 Å². The fourth-order valence-corrected chi connectivity index (χ4v) is 6.34. The molecule has 1 saturated carbocycles. The first-order valence-corrected chi connectivity index (χ1v) is 14.9. The minimum Gasteiger partial charge on any atom is -0.394 e. The molecule has 1 amide bonds. The fourth-order valence-electron chi connectivity index (χ4n) is 5.86. The van der Waals surface area contributed by atoms with Crippen LogP contribution in [-0.2, 0) is 14.3 Å². The Morgan fingerprint density at radius 3 is 2.72 bits per heavy atom. The number of ether oxygens (including phenoxy) is 2. The summed E-state index contributed by atoms with van der Waals surface area (Å²) < 4.78 is 27.6. The van der Waals surface area contributed by atoms with Crippen LogP contribution in [0.3, 0.4) is 0 Å². The minimum absolute atomic E-state index is 0.222. The Kier molecular flexibility index (Phi) is 9.77. The van der Waals surface area contributed by atoms with Crippen molar-refractivity contribution in [2.24, 2.45) is 0 Å². The molecule has 43 heavy (non-hydrogen) atoms. The lowest BCUT2D eigenvalue weighted by molar-refractivity contribution is -0.211. The number of methoxy groups -OCH3 is 1. The van der Waals surface area contributed by atoms with Crippen molar-refractivity contribution in [3.63, 3.8) is 0 Å². The zero-order valence-corrected chi connectivity index (χ0v) is 25.4. The fraction of sp³-hybridized carbons (Fsp3) is 0.448. The van der Waals surface area contributed by atoms with Gasteiger partial charge in [0.05, 0.1) is 41.1 Å². The van der Waals surface area contributed by atoms with Gasteiger partial charge in [0.1, 0.15) is 35.9 Å². The summed E-state index contributed by atoms with van der Waals surface area (Å²) in [5, 5.41) is 50.5. The highest BCUT2D eigenvalue weighted by Crippen LogP contribution is 2.37. The van der Waals surface area contributed by atoms with Crippen LogP contribution in [0.2, 0.25) is 5.02 Å². The molecule has 7 atom stereocenters. The molecule has 0 spiro atoms. The van der Waals surface area contributed by atoms with Gasteiger partial charge in [-0.1, -0.05) is 35.7 Å². The van der Waals surface area contributed by atoms with E-state index in [0.717, 1.165) is 12.8 Å². The van der Waals surface area contributed by atoms with Gasteiger partial charge in [0.15, 0.2) is 6.10 Å². The standard InChI is InChI=1S/C29H30BrClFN5O6/c1-42-27-25(36-13-21(34-35-36)16-6-7-19(30)20(32)10-16)26(40)24(14-38)43-28(27)29(41)37(22-4-2-3-5-23(22)39)18-9-15(12-33)8-17(31)11-18/h6-11,13,22-28,38-40H,2-5,14H2,1H3/t22-,23-,24+,25-,26-,27+,28+/m0/s1. The second-order valence-electron chi connectivity index (χ2n) is 10.6. The third kappa shape index (κ3) is 6.32. The molecule has 2 aliphatic rings. The van der Waals surface area contributed by atoms with Crippen molar-refractivity contribution < 1.29 is 34.0 Å². The highest BCUT2D eigenvalue weighted by Gasteiger charge is 2.52. The van der Waals surface area contributed by atoms with Gasteiger partial charge in [0.2, 0.25) is 0 Å². The van der Waals surface area contributed by atoms with E-state index in [2.05, 4.69) is 26.2 Å². The first kappa shape index (κ1) is 31.5. The van der Waals surface area contributed by atoms with Crippen molar-refractivity contribution in [2.45, 2.75) is 68.3 Å². The van der Waals surface area contributed by atoms with E-state index in [1.54, 1.807) is 6.07 Å². The largest absolute Gasteiger partial charge is 0.394 e. The third-order valence-electron chi connectivity index (χ3n) is 7.97. The van der Waals surface area contributed by atoms with E-state index in [1.165, 1.54) is 53.2 Å². The Morgan fingerprint density at radius 1 is 1.28 bits per heavy atom. The summed E-state index contributed by atoms with van der Waals surface area (Å²) >= 11 is 9.44. The van der Waals surface area contributed by atoms with Crippen LogP contribution in [0.25, 0.3) is 11.3 Å². The number of hydrogen-bond acceptors (Lipinski definition) is 9. The van der Waals surface area contributed by atoms with Gasteiger partial charge in [-0.3, -0.25) is 4.79 Å². The summed E-state index contributed by atoms with van der Waals surface area (Å²) in [5.41, 5.74) is 1.25. The molecule has 3 N–H and O–H groups in total. The molecule has 11 nitrogen and oxygen atoms in total. The monoisotopic (exact) mass is 677 g/mol. The first-order valence-electron chi connectivity index (χ1n) is 13.7. The van der Waals surface area contributed by atoms with E-state index in [-0.39, 0.29) is 15.1 Å². The molecule has 3 aromatic rings. The Balaban J connectivity index is 1.55. The van der Waals surface area contributed by atoms with E-state index in [0.29, 0.717) is 29.8 Å². The zero-order valence-electron chi connectivity index (χ0n) is 23.1. The van der Waals surface area contributed by atoms with Gasteiger partial charge in [-0.15, -0.1) is 5.10 Å². The Morgan fingerprint density at radius 2 is 2.05 bits per heavy atom. The summed E-state index contributed by atoms with van der Waals surface area (Å²) in [5.74, 6) is -1.11. The van der Waals surface area contributed by atoms with Crippen LogP contribution in [-0.4, -0.2) is 86.5 Å². The molecule has 228 valence electrons. The van der Waals surface area contributed by atoms with E-state index in [9.17, 15) is 29.8 Å². The van der Waals surface area contributed by atoms with Crippen molar-refractivity contribution in [3.05, 3.63) is 63.5 Å². The topological polar surface area (TPSA) is 154 Å². The number of carbonyl (C=O) groups is 1. The molecule has 1 aliphatic carbocycles. The number of benzene rings is 2. The Bertz CT molecular complexity index is 1520. The molecule has 0 radical (unpaired) electrons. The molecular formula is C29H30BrClFN5O6. The van der Waals surface area contributed by atoms with Crippen LogP contribution < -0.4 is 4.90 Å². The van der Waals surface area contributed by atoms with Gasteiger partial charge in [0, 0.05) is 23.4 Å². The van der Waals surface area contributed by atoms with Gasteiger partial charge in [0.25, 0.3) is 5.91 Å². The summed E-state index contributed by atoms with van der Waals surface area (Å²) in [7, 11) is 1.35. The summed E-state index contributed by atoms with van der Waals surface area (Å²) in [4.78, 5) is 15.9. The molecule has 1 aliphatic heterocycles. The molecule has 1 saturated heterocycles. The second-order valence-corrected chi connectivity index (χ2v) is 11.9. The number of halogens is 3. The maximum atomic E-state index is 14.5. The number of aliphatic hydroxyl groups is 3. The first-order chi connectivity index (χ1) is 20.7. The average Bonchev–Trinajstić information content (AvgIpc) is 3.48. The number of hydrogen-bond donors (Lipinski definition) is 3. The van der Waals surface area contributed by atoms with E-state index >= 15 is 0 Å². The number of amides is 1. The highest BCUT2D eigenvalue weighted by atomic mass is 79.9. The molecule has 2 aromatic carbocycles. The normalized spacial score (nSPS) is 27.4. The molecule has 0 bridgehead atoms. The van der Waals surface area contributed by atoms with Gasteiger partial charge >= 0.3 is 0 Å². The number of carbonyl (C=O) groups excluding carboxylic acids is 1. The van der Waals surface area contributed by atoms with Crippen molar-refractivity contribution in [2.75, 3.05) is 18.6 Å². The van der Waals surface area contributed by atoms with Crippen molar-refractivity contribution in [1.29, 1.82) is 5.26 Å². The summed E-state index contributed by atoms with van der Waals surface area (Å²) in [6, 6.07) is 9.28. The zero-order chi connectivity index (χ0) is 30.8. The SMILES string of the molecule is CO[C@@H]1[C@@H](n2cc(-c3ccc(Br)c(F)c3)nn2)[C@@H](O)[C@@H](CO)O[C@H]1C(=O)N(c1cc(Cl)cc(C#N)c1)[C@H]1CCCC[C@@H]1O. The van der Waals surface area contributed by atoms with Gasteiger partial charge < -0.3 is 29.7 Å². The summed E-state index contributed by atoms with van der Waals surface area (Å²) in [6.45, 7) is -0.626. The molecule has 5 rings (SSSR count). The van der Waals surface area contributed by atoms with Crippen LogP contribution in [0.4, 0.5) is 10.1 Å². The molecule has 14 heteroatoms. The molecule has 2 fully saturated rings. The van der Waals surface area contributed by atoms with Crippen LogP contribution in [0.1, 0.15) is 37.3 Å². The molecule has 1 aromatic heterocycles. The van der Waals surface area contributed by atoms with E-state index in [4.69, 9.17) is 21.1 Å². The molecule has 2 heterocycles. The van der Waals surface area contributed by atoms with Crippen molar-refractivity contribution in [3.8, 4) is 17.3 Å². The van der Waals surface area contributed by atoms with Gasteiger partial charge in [-0.2, -0.15) is 5.26 Å². The molecule has 0 unspecified atom stereocenters. The third-order valence-corrected chi connectivity index (χ3v) is 8.83. The smallest absolute Gasteiger partial charge is 0.259 e. The minimum atomic E-state index is -1.38. The Hall–Kier alpha value is -2.96. The lowest BCUT2D eigenvalue weighted by atomic mass is 9.88. The van der Waals surface area contributed by atoms with Crippen LogP contribution >= 0.6 is 27.5 Å². The predicted molar refractivity (Wildman–Crippen MR) is 157 cm³/mol. The number of aromatic nitrogens is 3. The van der Waals surface area contributed by atoms with Crippen LogP contribution in [0.5, 0.6) is 0 Å². The number of nitriles is 1. The number of aliphatic hydroxyl groups excluding tert-OH is 3. The van der Waals surface area contributed by atoms with E-state index < -0.39 is 60.9 Å². The maximum Gasteiger partial charge on any atom is 0.259 e. The van der Waals surface area contributed by atoms with Crippen LogP contribution in [0.15, 0.2) is 47.1 Å². The summed E-state index contributed by atoms with van der Waals surface area (Å²) in [6.07, 6.45) is -1.97. The number of nitrogens with zero attached hydrogens (tertiary/aromatic N) is 5. The average molecular weight is 679 g/mol. The van der Waals surface area contributed by atoms with Gasteiger partial charge in [-0.25, -0.2) is 9.07 Å². The lowest BCUT2D eigenvalue weighted by Crippen LogP contribution is -2.63. The predicted octanol–water partition coefficient (Wildman–Crippen LogP) is 3.39. The van der Waals surface area contributed by atoms with E-state index in [1.807, 2.05) is 6.07 Å².